The van der Waals surface area contributed by atoms with Crippen LogP contribution in [0.4, 0.5) is 0 Å². The van der Waals surface area contributed by atoms with Crippen molar-refractivity contribution >= 4 is 18.3 Å². The van der Waals surface area contributed by atoms with Crippen molar-refractivity contribution in [3.63, 3.8) is 0 Å². The van der Waals surface area contributed by atoms with Crippen LogP contribution < -0.4 is 5.32 Å². The van der Waals surface area contributed by atoms with Crippen LogP contribution in [0.3, 0.4) is 0 Å². The number of nitrogens with zero attached hydrogens (tertiary/aromatic N) is 1. The summed E-state index contributed by atoms with van der Waals surface area (Å²) >= 11 is 0. The van der Waals surface area contributed by atoms with Gasteiger partial charge in [-0.2, -0.15) is 0 Å². The molecule has 1 N–H and O–H groups in total. The van der Waals surface area contributed by atoms with Crippen molar-refractivity contribution in [2.24, 2.45) is 17.8 Å². The van der Waals surface area contributed by atoms with Gasteiger partial charge >= 0.3 is 0 Å². The third-order valence-corrected chi connectivity index (χ3v) is 3.70. The molecule has 86 valence electrons. The normalized spacial score (nSPS) is 38.1. The maximum Gasteiger partial charge on any atom is 0.226 e. The fraction of sp³-hybridized carbons (Fsp3) is 0.900. The zero-order valence-corrected chi connectivity index (χ0v) is 9.46. The maximum atomic E-state index is 12.0. The first-order chi connectivity index (χ1) is 6.88. The summed E-state index contributed by atoms with van der Waals surface area (Å²) in [6, 6.07) is 0. The van der Waals surface area contributed by atoms with Crippen LogP contribution >= 0.6 is 12.4 Å². The number of piperidine rings is 1. The summed E-state index contributed by atoms with van der Waals surface area (Å²) in [4.78, 5) is 14.0. The van der Waals surface area contributed by atoms with E-state index in [0.29, 0.717) is 36.9 Å². The molecule has 2 heterocycles. The number of nitrogens with one attached hydrogen (secondary N) is 1. The van der Waals surface area contributed by atoms with Gasteiger partial charge in [0.15, 0.2) is 0 Å². The van der Waals surface area contributed by atoms with Crippen LogP contribution in [0, 0.1) is 17.8 Å². The molecule has 3 aliphatic rings. The molecule has 3 atom stereocenters. The number of hydrogen-bond donors (Lipinski definition) is 1. The van der Waals surface area contributed by atoms with Crippen molar-refractivity contribution in [2.75, 3.05) is 39.4 Å². The van der Waals surface area contributed by atoms with E-state index >= 15 is 0 Å². The van der Waals surface area contributed by atoms with Crippen LogP contribution in [0.1, 0.15) is 0 Å². The third-order valence-electron chi connectivity index (χ3n) is 3.70. The number of amides is 1. The van der Waals surface area contributed by atoms with Crippen molar-refractivity contribution in [3.8, 4) is 0 Å². The number of hydrogen-bond acceptors (Lipinski definition) is 3. The van der Waals surface area contributed by atoms with E-state index < -0.39 is 0 Å². The number of morpholine rings is 1. The molecule has 3 fully saturated rings. The summed E-state index contributed by atoms with van der Waals surface area (Å²) in [6.45, 7) is 5.11. The topological polar surface area (TPSA) is 41.6 Å². The lowest BCUT2D eigenvalue weighted by molar-refractivity contribution is -0.137. The molecule has 15 heavy (non-hydrogen) atoms. The molecule has 1 aliphatic carbocycles. The first kappa shape index (κ1) is 11.2. The van der Waals surface area contributed by atoms with Crippen LogP contribution in [0.5, 0.6) is 0 Å². The number of fused-ring (bicyclic) bond motifs is 1. The Labute approximate surface area is 95.7 Å². The highest BCUT2D eigenvalue weighted by Crippen LogP contribution is 2.49. The van der Waals surface area contributed by atoms with Gasteiger partial charge in [0, 0.05) is 19.0 Å². The van der Waals surface area contributed by atoms with Crippen LogP contribution in [-0.2, 0) is 9.53 Å². The second kappa shape index (κ2) is 4.28. The zero-order chi connectivity index (χ0) is 9.54. The van der Waals surface area contributed by atoms with Crippen molar-refractivity contribution in [2.45, 2.75) is 0 Å². The Bertz CT molecular complexity index is 242. The Morgan fingerprint density at radius 2 is 1.80 bits per heavy atom. The van der Waals surface area contributed by atoms with Crippen LogP contribution in [-0.4, -0.2) is 50.2 Å². The number of rotatable bonds is 1. The molecule has 2 aliphatic heterocycles. The van der Waals surface area contributed by atoms with Crippen LogP contribution in [0.15, 0.2) is 0 Å². The molecule has 0 aromatic heterocycles. The van der Waals surface area contributed by atoms with Gasteiger partial charge in [-0.1, -0.05) is 0 Å². The lowest BCUT2D eigenvalue weighted by Crippen LogP contribution is -2.42. The van der Waals surface area contributed by atoms with Crippen molar-refractivity contribution in [3.05, 3.63) is 0 Å². The molecule has 0 aromatic carbocycles. The molecule has 0 spiro atoms. The van der Waals surface area contributed by atoms with E-state index in [1.165, 1.54) is 0 Å². The van der Waals surface area contributed by atoms with Crippen LogP contribution in [0.25, 0.3) is 0 Å². The van der Waals surface area contributed by atoms with Crippen LogP contribution in [0.2, 0.25) is 0 Å². The Morgan fingerprint density at radius 1 is 1.20 bits per heavy atom. The summed E-state index contributed by atoms with van der Waals surface area (Å²) in [5.74, 6) is 2.01. The quantitative estimate of drug-likeness (QED) is 0.677. The van der Waals surface area contributed by atoms with Crippen molar-refractivity contribution in [1.29, 1.82) is 0 Å². The smallest absolute Gasteiger partial charge is 0.226 e. The minimum atomic E-state index is 0. The Balaban J connectivity index is 0.000000853. The standard InChI is InChI=1S/C10H16N2O2.ClH/c13-10(12-1-3-14-4-2-12)9-7-5-11-6-8(7)9;/h7-9,11H,1-6H2;1H/t7-,8+,9?;. The van der Waals surface area contributed by atoms with Gasteiger partial charge in [-0.15, -0.1) is 12.4 Å². The number of carbonyl (C=O) groups excluding carboxylic acids is 1. The predicted octanol–water partition coefficient (Wildman–Crippen LogP) is -0.268. The average Bonchev–Trinajstić information content (AvgIpc) is 2.72. The monoisotopic (exact) mass is 232 g/mol. The molecule has 2 saturated heterocycles. The van der Waals surface area contributed by atoms with Gasteiger partial charge in [-0.3, -0.25) is 4.79 Å². The van der Waals surface area contributed by atoms with E-state index in [4.69, 9.17) is 4.74 Å². The molecule has 4 nitrogen and oxygen atoms in total. The molecule has 0 aromatic rings. The second-order valence-corrected chi connectivity index (χ2v) is 4.45. The summed E-state index contributed by atoms with van der Waals surface area (Å²) in [7, 11) is 0. The minimum Gasteiger partial charge on any atom is -0.378 e. The van der Waals surface area contributed by atoms with Crippen molar-refractivity contribution in [1.82, 2.24) is 10.2 Å². The number of ether oxygens (including phenoxy) is 1. The molecule has 0 radical (unpaired) electrons. The van der Waals surface area contributed by atoms with E-state index in [2.05, 4.69) is 5.32 Å². The lowest BCUT2D eigenvalue weighted by atomic mass is 10.2. The predicted molar refractivity (Wildman–Crippen MR) is 58.0 cm³/mol. The molecule has 3 rings (SSSR count). The maximum absolute atomic E-state index is 12.0. The van der Waals surface area contributed by atoms with Gasteiger partial charge in [-0.25, -0.2) is 0 Å². The largest absolute Gasteiger partial charge is 0.378 e. The average molecular weight is 233 g/mol. The summed E-state index contributed by atoms with van der Waals surface area (Å²) < 4.78 is 5.24. The molecular weight excluding hydrogens is 216 g/mol. The molecule has 1 amide bonds. The first-order valence-electron chi connectivity index (χ1n) is 5.45. The fourth-order valence-corrected chi connectivity index (χ4v) is 2.78. The number of halogens is 1. The SMILES string of the molecule is Cl.O=C(C1[C@H]2CNC[C@@H]12)N1CCOCC1. The third kappa shape index (κ3) is 1.86. The minimum absolute atomic E-state index is 0. The summed E-state index contributed by atoms with van der Waals surface area (Å²) in [5, 5.41) is 3.31. The lowest BCUT2D eigenvalue weighted by Gasteiger charge is -2.27. The van der Waals surface area contributed by atoms with Crippen molar-refractivity contribution < 1.29 is 9.53 Å². The Morgan fingerprint density at radius 3 is 2.40 bits per heavy atom. The van der Waals surface area contributed by atoms with E-state index in [1.807, 2.05) is 4.90 Å². The van der Waals surface area contributed by atoms with Gasteiger partial charge in [0.2, 0.25) is 5.91 Å². The highest BCUT2D eigenvalue weighted by molar-refractivity contribution is 5.85. The van der Waals surface area contributed by atoms with E-state index in [9.17, 15) is 4.79 Å². The van der Waals surface area contributed by atoms with Gasteiger partial charge in [0.1, 0.15) is 0 Å². The highest BCUT2D eigenvalue weighted by atomic mass is 35.5. The molecule has 1 saturated carbocycles. The molecule has 1 unspecified atom stereocenters. The molecule has 5 heteroatoms. The van der Waals surface area contributed by atoms with E-state index in [1.54, 1.807) is 0 Å². The van der Waals surface area contributed by atoms with E-state index in [0.717, 1.165) is 26.2 Å². The van der Waals surface area contributed by atoms with Gasteiger partial charge in [0.05, 0.1) is 13.2 Å². The Hall–Kier alpha value is -0.320. The zero-order valence-electron chi connectivity index (χ0n) is 8.65. The van der Waals surface area contributed by atoms with Gasteiger partial charge in [-0.05, 0) is 24.9 Å². The second-order valence-electron chi connectivity index (χ2n) is 4.45. The number of carbonyl (C=O) groups is 1. The van der Waals surface area contributed by atoms with Gasteiger partial charge < -0.3 is 15.0 Å². The molecular formula is C10H17ClN2O2. The van der Waals surface area contributed by atoms with Gasteiger partial charge in [0.25, 0.3) is 0 Å². The highest BCUT2D eigenvalue weighted by Gasteiger charge is 2.57. The summed E-state index contributed by atoms with van der Waals surface area (Å²) in [5.41, 5.74) is 0. The Kier molecular flexibility index (Phi) is 3.19. The molecule has 0 bridgehead atoms. The fourth-order valence-electron chi connectivity index (χ4n) is 2.78. The van der Waals surface area contributed by atoms with E-state index in [-0.39, 0.29) is 12.4 Å². The summed E-state index contributed by atoms with van der Waals surface area (Å²) in [6.07, 6.45) is 0. The first-order valence-corrected chi connectivity index (χ1v) is 5.45.